The van der Waals surface area contributed by atoms with Gasteiger partial charge in [0.2, 0.25) is 5.95 Å². The molecule has 0 bridgehead atoms. The molecule has 2 aliphatic rings. The van der Waals surface area contributed by atoms with Crippen LogP contribution in [0.3, 0.4) is 0 Å². The Hall–Kier alpha value is -3.87. The first-order valence-electron chi connectivity index (χ1n) is 14.9. The fourth-order valence-electron chi connectivity index (χ4n) is 5.79. The summed E-state index contributed by atoms with van der Waals surface area (Å²) in [5, 5.41) is 8.03. The predicted octanol–water partition coefficient (Wildman–Crippen LogP) is 4.42. The van der Waals surface area contributed by atoms with Crippen LogP contribution >= 0.6 is 0 Å². The molecule has 228 valence electrons. The van der Waals surface area contributed by atoms with Crippen molar-refractivity contribution in [3.05, 3.63) is 53.9 Å². The molecule has 0 unspecified atom stereocenters. The van der Waals surface area contributed by atoms with E-state index in [1.165, 1.54) is 10.7 Å². The molecule has 0 amide bonds. The lowest BCUT2D eigenvalue weighted by atomic mass is 10.1. The van der Waals surface area contributed by atoms with Crippen molar-refractivity contribution in [3.8, 4) is 17.0 Å². The van der Waals surface area contributed by atoms with Gasteiger partial charge in [-0.15, -0.1) is 0 Å². The number of morpholine rings is 1. The van der Waals surface area contributed by atoms with E-state index in [2.05, 4.69) is 48.1 Å². The number of nitrogens with zero attached hydrogens (tertiary/aromatic N) is 7. The van der Waals surface area contributed by atoms with Crippen molar-refractivity contribution in [2.75, 3.05) is 75.9 Å². The minimum atomic E-state index is -0.643. The minimum Gasteiger partial charge on any atom is -0.493 e. The Morgan fingerprint density at radius 3 is 2.47 bits per heavy atom. The number of piperazine rings is 1. The Kier molecular flexibility index (Phi) is 8.68. The van der Waals surface area contributed by atoms with Crippen LogP contribution < -0.4 is 15.0 Å². The Morgan fingerprint density at radius 2 is 1.72 bits per heavy atom. The molecule has 2 fully saturated rings. The number of fused-ring (bicyclic) bond motifs is 1. The van der Waals surface area contributed by atoms with E-state index in [0.717, 1.165) is 81.2 Å². The van der Waals surface area contributed by atoms with Crippen LogP contribution in [0.1, 0.15) is 19.4 Å². The van der Waals surface area contributed by atoms with Gasteiger partial charge in [0.05, 0.1) is 37.4 Å². The molecule has 2 aromatic carbocycles. The van der Waals surface area contributed by atoms with E-state index in [1.54, 1.807) is 19.3 Å². The van der Waals surface area contributed by atoms with Gasteiger partial charge < -0.3 is 24.6 Å². The largest absolute Gasteiger partial charge is 0.493 e. The lowest BCUT2D eigenvalue weighted by Crippen LogP contribution is -2.45. The van der Waals surface area contributed by atoms with Crippen molar-refractivity contribution in [1.29, 1.82) is 0 Å². The van der Waals surface area contributed by atoms with Gasteiger partial charge in [-0.2, -0.15) is 5.10 Å². The maximum atomic E-state index is 15.0. The number of rotatable bonds is 9. The first-order chi connectivity index (χ1) is 20.9. The number of ether oxygens (including phenoxy) is 2. The van der Waals surface area contributed by atoms with E-state index >= 15 is 4.39 Å². The molecule has 0 atom stereocenters. The molecule has 2 aliphatic heterocycles. The van der Waals surface area contributed by atoms with Crippen LogP contribution in [0.2, 0.25) is 0 Å². The van der Waals surface area contributed by atoms with Gasteiger partial charge in [0, 0.05) is 81.6 Å². The monoisotopic (exact) mass is 592 g/mol. The van der Waals surface area contributed by atoms with E-state index in [4.69, 9.17) is 9.47 Å². The molecular formula is C31H38F2N8O2. The Balaban J connectivity index is 1.35. The molecule has 12 heteroatoms. The average molecular weight is 593 g/mol. The lowest BCUT2D eigenvalue weighted by molar-refractivity contribution is 0.122. The molecule has 0 saturated carbocycles. The number of aromatic nitrogens is 4. The zero-order chi connectivity index (χ0) is 29.9. The summed E-state index contributed by atoms with van der Waals surface area (Å²) in [6.07, 6.45) is 2.80. The van der Waals surface area contributed by atoms with E-state index in [9.17, 15) is 4.39 Å². The summed E-state index contributed by atoms with van der Waals surface area (Å²) in [4.78, 5) is 15.9. The first kappa shape index (κ1) is 29.2. The molecule has 2 aromatic heterocycles. The van der Waals surface area contributed by atoms with Gasteiger partial charge in [0.15, 0.2) is 11.6 Å². The van der Waals surface area contributed by atoms with Gasteiger partial charge in [-0.1, -0.05) is 6.92 Å². The molecule has 10 nitrogen and oxygen atoms in total. The summed E-state index contributed by atoms with van der Waals surface area (Å²) in [5.74, 6) is -0.201. The number of nitrogens with one attached hydrogen (secondary N) is 1. The first-order valence-corrected chi connectivity index (χ1v) is 14.9. The third-order valence-electron chi connectivity index (χ3n) is 8.08. The highest BCUT2D eigenvalue weighted by atomic mass is 19.1. The minimum absolute atomic E-state index is 0.00273. The van der Waals surface area contributed by atoms with E-state index in [0.29, 0.717) is 30.8 Å². The van der Waals surface area contributed by atoms with Crippen LogP contribution in [-0.4, -0.2) is 95.2 Å². The van der Waals surface area contributed by atoms with Crippen LogP contribution in [0.25, 0.3) is 22.2 Å². The number of hydrogen-bond donors (Lipinski definition) is 1. The van der Waals surface area contributed by atoms with Gasteiger partial charge >= 0.3 is 0 Å². The highest BCUT2D eigenvalue weighted by molar-refractivity contribution is 5.84. The summed E-state index contributed by atoms with van der Waals surface area (Å²) in [5.41, 5.74) is 3.37. The fourth-order valence-corrected chi connectivity index (χ4v) is 5.79. The molecule has 1 N–H and O–H groups in total. The van der Waals surface area contributed by atoms with Gasteiger partial charge in [0.1, 0.15) is 17.0 Å². The van der Waals surface area contributed by atoms with E-state index in [-0.39, 0.29) is 17.2 Å². The maximum Gasteiger partial charge on any atom is 0.227 e. The molecule has 0 spiro atoms. The standard InChI is InChI=1S/C31H38F2N8O2/c1-4-39-6-8-40(9-7-39)20-22-16-27(41-10-12-42-13-11-41)26(17-28(22)43-5-2)35-31-34-18-25(33)29(36-31)21-14-23-19-38(3)37-30(23)24(32)15-21/h14-19H,4-13,20H2,1-3H3,(H,34,35,36). The van der Waals surface area contributed by atoms with Crippen molar-refractivity contribution in [1.82, 2.24) is 29.5 Å². The quantitative estimate of drug-likeness (QED) is 0.304. The van der Waals surface area contributed by atoms with E-state index < -0.39 is 11.6 Å². The molecule has 43 heavy (non-hydrogen) atoms. The van der Waals surface area contributed by atoms with Gasteiger partial charge in [-0.25, -0.2) is 18.7 Å². The predicted molar refractivity (Wildman–Crippen MR) is 163 cm³/mol. The van der Waals surface area contributed by atoms with Crippen molar-refractivity contribution < 1.29 is 18.3 Å². The SMILES string of the molecule is CCOc1cc(Nc2ncc(F)c(-c3cc(F)c4nn(C)cc4c3)n2)c(N2CCOCC2)cc1CN1CCN(CC)CC1. The van der Waals surface area contributed by atoms with Crippen molar-refractivity contribution >= 4 is 28.2 Å². The molecule has 6 rings (SSSR count). The molecular weight excluding hydrogens is 554 g/mol. The maximum absolute atomic E-state index is 15.0. The number of anilines is 3. The van der Waals surface area contributed by atoms with Crippen LogP contribution in [-0.2, 0) is 18.3 Å². The smallest absolute Gasteiger partial charge is 0.227 e. The molecule has 4 aromatic rings. The number of benzene rings is 2. The van der Waals surface area contributed by atoms with Crippen molar-refractivity contribution in [2.45, 2.75) is 20.4 Å². The van der Waals surface area contributed by atoms with Crippen LogP contribution in [0.5, 0.6) is 5.75 Å². The van der Waals surface area contributed by atoms with Crippen LogP contribution in [0.15, 0.2) is 36.7 Å². The summed E-state index contributed by atoms with van der Waals surface area (Å²) in [7, 11) is 1.71. The Morgan fingerprint density at radius 1 is 0.953 bits per heavy atom. The normalized spacial score (nSPS) is 16.6. The fraction of sp³-hybridized carbons (Fsp3) is 0.452. The zero-order valence-electron chi connectivity index (χ0n) is 24.9. The molecule has 2 saturated heterocycles. The van der Waals surface area contributed by atoms with Crippen LogP contribution in [0, 0.1) is 11.6 Å². The second-order valence-electron chi connectivity index (χ2n) is 10.9. The van der Waals surface area contributed by atoms with Gasteiger partial charge in [0.25, 0.3) is 0 Å². The second kappa shape index (κ2) is 12.8. The molecule has 0 radical (unpaired) electrons. The van der Waals surface area contributed by atoms with Crippen molar-refractivity contribution in [2.24, 2.45) is 7.05 Å². The number of likely N-dealkylation sites (N-methyl/N-ethyl adjacent to an activating group) is 1. The molecule has 4 heterocycles. The van der Waals surface area contributed by atoms with Crippen LogP contribution in [0.4, 0.5) is 26.1 Å². The summed E-state index contributed by atoms with van der Waals surface area (Å²) in [6.45, 7) is 13.4. The van der Waals surface area contributed by atoms with E-state index in [1.807, 2.05) is 13.0 Å². The van der Waals surface area contributed by atoms with Crippen molar-refractivity contribution in [3.63, 3.8) is 0 Å². The average Bonchev–Trinajstić information content (AvgIpc) is 3.41. The summed E-state index contributed by atoms with van der Waals surface area (Å²) >= 11 is 0. The summed E-state index contributed by atoms with van der Waals surface area (Å²) in [6, 6.07) is 7.11. The van der Waals surface area contributed by atoms with Gasteiger partial charge in [-0.3, -0.25) is 9.58 Å². The third kappa shape index (κ3) is 6.41. The molecule has 0 aliphatic carbocycles. The highest BCUT2D eigenvalue weighted by Gasteiger charge is 2.23. The number of hydrogen-bond acceptors (Lipinski definition) is 9. The Bertz CT molecular complexity index is 1580. The third-order valence-corrected chi connectivity index (χ3v) is 8.08. The lowest BCUT2D eigenvalue weighted by Gasteiger charge is -2.35. The van der Waals surface area contributed by atoms with Gasteiger partial charge in [-0.05, 0) is 31.7 Å². The Labute approximate surface area is 250 Å². The summed E-state index contributed by atoms with van der Waals surface area (Å²) < 4.78 is 43.2. The number of aryl methyl sites for hydroxylation is 1. The topological polar surface area (TPSA) is 83.8 Å². The number of halogens is 2. The highest BCUT2D eigenvalue weighted by Crippen LogP contribution is 2.37. The zero-order valence-corrected chi connectivity index (χ0v) is 24.9. The second-order valence-corrected chi connectivity index (χ2v) is 10.9.